The summed E-state index contributed by atoms with van der Waals surface area (Å²) in [5.74, 6) is 0. The highest BCUT2D eigenvalue weighted by Gasteiger charge is 2.31. The van der Waals surface area contributed by atoms with E-state index in [9.17, 15) is 5.11 Å². The molecule has 4 nitrogen and oxygen atoms in total. The highest BCUT2D eigenvalue weighted by Crippen LogP contribution is 2.22. The number of aryl methyl sites for hydroxylation is 1. The monoisotopic (exact) mass is 373 g/mol. The average Bonchev–Trinajstić information content (AvgIpc) is 2.71. The molecule has 0 aromatic heterocycles. The predicted molar refractivity (Wildman–Crippen MR) is 113 cm³/mol. The Kier molecular flexibility index (Phi) is 8.59. The zero-order valence-corrected chi connectivity index (χ0v) is 17.2. The van der Waals surface area contributed by atoms with Crippen molar-refractivity contribution < 1.29 is 5.11 Å². The molecule has 1 unspecified atom stereocenters. The molecule has 2 aliphatic heterocycles. The molecule has 2 aliphatic rings. The zero-order chi connectivity index (χ0) is 18.9. The molecule has 2 saturated heterocycles. The highest BCUT2D eigenvalue weighted by molar-refractivity contribution is 5.14. The Balaban J connectivity index is 1.45. The first-order valence-electron chi connectivity index (χ1n) is 11.2. The van der Waals surface area contributed by atoms with Crippen LogP contribution in [0.4, 0.5) is 0 Å². The maximum Gasteiger partial charge on any atom is 0.0446 e. The molecule has 3 rings (SSSR count). The molecule has 152 valence electrons. The third-order valence-corrected chi connectivity index (χ3v) is 6.47. The fourth-order valence-corrected chi connectivity index (χ4v) is 4.92. The first-order chi connectivity index (χ1) is 13.3. The van der Waals surface area contributed by atoms with Gasteiger partial charge in [0.25, 0.3) is 0 Å². The van der Waals surface area contributed by atoms with Crippen molar-refractivity contribution in [2.75, 3.05) is 52.4 Å². The van der Waals surface area contributed by atoms with Crippen LogP contribution >= 0.6 is 0 Å². The van der Waals surface area contributed by atoms with E-state index in [0.717, 1.165) is 38.5 Å². The molecule has 1 N–H and O–H groups in total. The maximum absolute atomic E-state index is 9.58. The Morgan fingerprint density at radius 1 is 1.00 bits per heavy atom. The van der Waals surface area contributed by atoms with Crippen molar-refractivity contribution >= 4 is 0 Å². The second kappa shape index (κ2) is 11.2. The van der Waals surface area contributed by atoms with E-state index in [1.54, 1.807) is 0 Å². The molecule has 0 radical (unpaired) electrons. The normalized spacial score (nSPS) is 23.7. The van der Waals surface area contributed by atoms with E-state index < -0.39 is 0 Å². The van der Waals surface area contributed by atoms with Crippen LogP contribution in [0.1, 0.15) is 44.6 Å². The van der Waals surface area contributed by atoms with Crippen LogP contribution < -0.4 is 0 Å². The number of piperidine rings is 1. The summed E-state index contributed by atoms with van der Waals surface area (Å²) >= 11 is 0. The topological polar surface area (TPSA) is 30.0 Å². The van der Waals surface area contributed by atoms with Crippen LogP contribution in [0, 0.1) is 0 Å². The number of aliphatic hydroxyl groups excluding tert-OH is 1. The number of likely N-dealkylation sites (tertiary alicyclic amines) is 1. The van der Waals surface area contributed by atoms with E-state index in [1.165, 1.54) is 57.4 Å². The number of piperazine rings is 1. The van der Waals surface area contributed by atoms with Gasteiger partial charge in [0.2, 0.25) is 0 Å². The van der Waals surface area contributed by atoms with E-state index in [1.807, 2.05) is 0 Å². The lowest BCUT2D eigenvalue weighted by Crippen LogP contribution is -2.57. The van der Waals surface area contributed by atoms with E-state index in [2.05, 4.69) is 52.0 Å². The van der Waals surface area contributed by atoms with Crippen LogP contribution in [0.3, 0.4) is 0 Å². The molecule has 27 heavy (non-hydrogen) atoms. The second-order valence-electron chi connectivity index (χ2n) is 8.36. The van der Waals surface area contributed by atoms with E-state index in [-0.39, 0.29) is 0 Å². The van der Waals surface area contributed by atoms with Crippen LogP contribution in [0.15, 0.2) is 30.3 Å². The van der Waals surface area contributed by atoms with Crippen LogP contribution in [0.5, 0.6) is 0 Å². The third-order valence-electron chi connectivity index (χ3n) is 6.47. The van der Waals surface area contributed by atoms with Gasteiger partial charge >= 0.3 is 0 Å². The summed E-state index contributed by atoms with van der Waals surface area (Å²) in [7, 11) is 0. The van der Waals surface area contributed by atoms with Crippen molar-refractivity contribution in [3.8, 4) is 0 Å². The van der Waals surface area contributed by atoms with Gasteiger partial charge in [-0.15, -0.1) is 0 Å². The summed E-state index contributed by atoms with van der Waals surface area (Å²) in [6.07, 6.45) is 7.19. The summed E-state index contributed by atoms with van der Waals surface area (Å²) in [6.45, 7) is 11.0. The fraction of sp³-hybridized carbons (Fsp3) is 0.739. The Bertz CT molecular complexity index is 516. The van der Waals surface area contributed by atoms with E-state index in [0.29, 0.717) is 12.6 Å². The summed E-state index contributed by atoms with van der Waals surface area (Å²) in [6, 6.07) is 12.1. The van der Waals surface area contributed by atoms with Crippen molar-refractivity contribution in [1.29, 1.82) is 0 Å². The van der Waals surface area contributed by atoms with Gasteiger partial charge in [0, 0.05) is 38.3 Å². The maximum atomic E-state index is 9.58. The van der Waals surface area contributed by atoms with Gasteiger partial charge in [-0.05, 0) is 70.3 Å². The molecule has 0 bridgehead atoms. The van der Waals surface area contributed by atoms with Crippen molar-refractivity contribution in [2.24, 2.45) is 0 Å². The third kappa shape index (κ3) is 6.28. The van der Waals surface area contributed by atoms with Gasteiger partial charge in [0.1, 0.15) is 0 Å². The van der Waals surface area contributed by atoms with Gasteiger partial charge in [0.05, 0.1) is 0 Å². The minimum Gasteiger partial charge on any atom is -0.396 e. The molecule has 1 aromatic carbocycles. The molecule has 2 fully saturated rings. The quantitative estimate of drug-likeness (QED) is 0.721. The van der Waals surface area contributed by atoms with Gasteiger partial charge in [0.15, 0.2) is 0 Å². The van der Waals surface area contributed by atoms with Gasteiger partial charge in [-0.3, -0.25) is 9.80 Å². The molecular formula is C23H39N3O. The number of hydrogen-bond donors (Lipinski definition) is 1. The first-order valence-corrected chi connectivity index (χ1v) is 11.2. The smallest absolute Gasteiger partial charge is 0.0446 e. The van der Waals surface area contributed by atoms with Gasteiger partial charge in [-0.25, -0.2) is 0 Å². The Morgan fingerprint density at radius 2 is 1.78 bits per heavy atom. The number of aliphatic hydroxyl groups is 1. The molecule has 2 heterocycles. The molecule has 0 amide bonds. The molecule has 0 saturated carbocycles. The van der Waals surface area contributed by atoms with Crippen molar-refractivity contribution in [3.63, 3.8) is 0 Å². The van der Waals surface area contributed by atoms with Crippen LogP contribution in [-0.4, -0.2) is 84.3 Å². The van der Waals surface area contributed by atoms with Gasteiger partial charge < -0.3 is 10.0 Å². The highest BCUT2D eigenvalue weighted by atomic mass is 16.3. The standard InChI is InChI=1S/C23H39N3O/c1-2-13-24-15-10-22(11-16-24)26-18-17-25(23(20-26)12-19-27)14-6-9-21-7-4-3-5-8-21/h3-5,7-8,22-23,27H,2,6,9-20H2,1H3. The SMILES string of the molecule is CCCN1CCC(N2CCN(CCCc3ccccc3)C(CCO)C2)CC1. The largest absolute Gasteiger partial charge is 0.396 e. The van der Waals surface area contributed by atoms with Crippen LogP contribution in [0.25, 0.3) is 0 Å². The minimum atomic E-state index is 0.308. The minimum absolute atomic E-state index is 0.308. The molecule has 1 atom stereocenters. The van der Waals surface area contributed by atoms with Crippen molar-refractivity contribution in [1.82, 2.24) is 14.7 Å². The molecular weight excluding hydrogens is 334 g/mol. The Labute approximate surface area is 166 Å². The lowest BCUT2D eigenvalue weighted by molar-refractivity contribution is 0.0165. The summed E-state index contributed by atoms with van der Waals surface area (Å²) in [5.41, 5.74) is 1.44. The summed E-state index contributed by atoms with van der Waals surface area (Å²) in [5, 5.41) is 9.58. The van der Waals surface area contributed by atoms with Crippen LogP contribution in [-0.2, 0) is 6.42 Å². The Hall–Kier alpha value is -0.940. The second-order valence-corrected chi connectivity index (χ2v) is 8.36. The van der Waals surface area contributed by atoms with E-state index >= 15 is 0 Å². The number of rotatable bonds is 9. The summed E-state index contributed by atoms with van der Waals surface area (Å²) < 4.78 is 0. The number of nitrogens with zero attached hydrogens (tertiary/aromatic N) is 3. The predicted octanol–water partition coefficient (Wildman–Crippen LogP) is 2.86. The Morgan fingerprint density at radius 3 is 2.48 bits per heavy atom. The lowest BCUT2D eigenvalue weighted by atomic mass is 9.99. The average molecular weight is 374 g/mol. The molecule has 1 aromatic rings. The van der Waals surface area contributed by atoms with Crippen molar-refractivity contribution in [2.45, 2.75) is 57.5 Å². The fourth-order valence-electron chi connectivity index (χ4n) is 4.92. The lowest BCUT2D eigenvalue weighted by Gasteiger charge is -2.46. The summed E-state index contributed by atoms with van der Waals surface area (Å²) in [4.78, 5) is 8.00. The molecule has 4 heteroatoms. The van der Waals surface area contributed by atoms with E-state index in [4.69, 9.17) is 0 Å². The van der Waals surface area contributed by atoms with Crippen molar-refractivity contribution in [3.05, 3.63) is 35.9 Å². The first kappa shape index (κ1) is 20.8. The number of benzene rings is 1. The molecule has 0 spiro atoms. The molecule has 0 aliphatic carbocycles. The van der Waals surface area contributed by atoms with Crippen LogP contribution in [0.2, 0.25) is 0 Å². The zero-order valence-electron chi connectivity index (χ0n) is 17.2. The van der Waals surface area contributed by atoms with Gasteiger partial charge in [-0.2, -0.15) is 0 Å². The number of hydrogen-bond acceptors (Lipinski definition) is 4. The van der Waals surface area contributed by atoms with Gasteiger partial charge in [-0.1, -0.05) is 37.3 Å².